The van der Waals surface area contributed by atoms with Crippen LogP contribution in [0, 0.1) is 6.92 Å². The van der Waals surface area contributed by atoms with Crippen molar-refractivity contribution in [2.75, 3.05) is 11.9 Å². The van der Waals surface area contributed by atoms with Crippen molar-refractivity contribution in [2.24, 2.45) is 0 Å². The van der Waals surface area contributed by atoms with Crippen molar-refractivity contribution < 1.29 is 19.1 Å². The van der Waals surface area contributed by atoms with Gasteiger partial charge in [0.05, 0.1) is 17.9 Å². The highest BCUT2D eigenvalue weighted by molar-refractivity contribution is 6.30. The van der Waals surface area contributed by atoms with Gasteiger partial charge in [-0.3, -0.25) is 9.59 Å². The Bertz CT molecular complexity index is 1210. The predicted octanol–water partition coefficient (Wildman–Crippen LogP) is 3.78. The maximum atomic E-state index is 12.6. The number of aromatic nitrogens is 2. The molecule has 1 unspecified atom stereocenters. The van der Waals surface area contributed by atoms with E-state index in [0.29, 0.717) is 22.0 Å². The van der Waals surface area contributed by atoms with Gasteiger partial charge in [-0.2, -0.15) is 4.68 Å². The summed E-state index contributed by atoms with van der Waals surface area (Å²) in [6.45, 7) is 5.34. The van der Waals surface area contributed by atoms with Crippen molar-refractivity contribution in [1.29, 1.82) is 0 Å². The highest BCUT2D eigenvalue weighted by atomic mass is 35.5. The lowest BCUT2D eigenvalue weighted by molar-refractivity contribution is -0.122. The quantitative estimate of drug-likeness (QED) is 0.544. The molecule has 0 fully saturated rings. The largest absolute Gasteiger partial charge is 0.463 e. The topological polar surface area (TPSA) is 99.5 Å². The fraction of sp³-hybridized carbons (Fsp3) is 0.217. The molecule has 1 amide bonds. The SMILES string of the molecule is CCOC(=O)c1cccc(NC(=O)C(C)Oc2ccc(=O)n(-c3cc(Cl)ccc3C)n2)c1. The Kier molecular flexibility index (Phi) is 7.27. The van der Waals surface area contributed by atoms with Crippen molar-refractivity contribution in [1.82, 2.24) is 9.78 Å². The van der Waals surface area contributed by atoms with E-state index in [4.69, 9.17) is 21.1 Å². The van der Waals surface area contributed by atoms with E-state index in [-0.39, 0.29) is 18.0 Å². The number of hydrogen-bond acceptors (Lipinski definition) is 6. The van der Waals surface area contributed by atoms with Gasteiger partial charge in [-0.1, -0.05) is 23.7 Å². The molecule has 1 aromatic heterocycles. The molecule has 166 valence electrons. The normalized spacial score (nSPS) is 11.5. The van der Waals surface area contributed by atoms with Crippen molar-refractivity contribution in [3.63, 3.8) is 0 Å². The Morgan fingerprint density at radius 2 is 1.94 bits per heavy atom. The molecule has 8 nitrogen and oxygen atoms in total. The molecule has 0 radical (unpaired) electrons. The van der Waals surface area contributed by atoms with Crippen molar-refractivity contribution in [3.05, 3.63) is 81.1 Å². The Balaban J connectivity index is 1.75. The first kappa shape index (κ1) is 23.0. The molecule has 0 aliphatic rings. The number of ether oxygens (including phenoxy) is 2. The number of rotatable bonds is 7. The van der Waals surface area contributed by atoms with E-state index < -0.39 is 18.0 Å². The van der Waals surface area contributed by atoms with E-state index in [1.54, 1.807) is 50.2 Å². The predicted molar refractivity (Wildman–Crippen MR) is 121 cm³/mol. The Morgan fingerprint density at radius 1 is 1.16 bits per heavy atom. The zero-order valence-corrected chi connectivity index (χ0v) is 18.6. The number of nitrogens with one attached hydrogen (secondary N) is 1. The zero-order chi connectivity index (χ0) is 23.3. The second-order valence-corrected chi connectivity index (χ2v) is 7.34. The number of anilines is 1. The molecule has 1 heterocycles. The van der Waals surface area contributed by atoms with Gasteiger partial charge in [0.25, 0.3) is 11.5 Å². The van der Waals surface area contributed by atoms with Crippen LogP contribution in [0.4, 0.5) is 5.69 Å². The second kappa shape index (κ2) is 10.1. The molecule has 0 saturated heterocycles. The molecule has 0 saturated carbocycles. The second-order valence-electron chi connectivity index (χ2n) is 6.90. The van der Waals surface area contributed by atoms with Crippen molar-refractivity contribution >= 4 is 29.2 Å². The average molecular weight is 456 g/mol. The summed E-state index contributed by atoms with van der Waals surface area (Å²) in [6, 6.07) is 14.2. The summed E-state index contributed by atoms with van der Waals surface area (Å²) in [5.74, 6) is -0.841. The van der Waals surface area contributed by atoms with Crippen molar-refractivity contribution in [3.8, 4) is 11.6 Å². The maximum Gasteiger partial charge on any atom is 0.338 e. The molecule has 0 aliphatic carbocycles. The summed E-state index contributed by atoms with van der Waals surface area (Å²) in [5.41, 5.74) is 1.69. The minimum Gasteiger partial charge on any atom is -0.463 e. The first-order chi connectivity index (χ1) is 15.3. The molecule has 1 atom stereocenters. The number of carbonyl (C=O) groups excluding carboxylic acids is 2. The highest BCUT2D eigenvalue weighted by Crippen LogP contribution is 2.19. The first-order valence-electron chi connectivity index (χ1n) is 9.90. The lowest BCUT2D eigenvalue weighted by Crippen LogP contribution is -2.31. The van der Waals surface area contributed by atoms with Gasteiger partial charge in [0.2, 0.25) is 5.88 Å². The summed E-state index contributed by atoms with van der Waals surface area (Å²) in [4.78, 5) is 36.8. The van der Waals surface area contributed by atoms with E-state index in [9.17, 15) is 14.4 Å². The van der Waals surface area contributed by atoms with Gasteiger partial charge in [-0.25, -0.2) is 4.79 Å². The summed E-state index contributed by atoms with van der Waals surface area (Å²) >= 11 is 6.05. The molecule has 3 aromatic rings. The number of benzene rings is 2. The Labute approximate surface area is 189 Å². The molecular weight excluding hydrogens is 434 g/mol. The third-order valence-corrected chi connectivity index (χ3v) is 4.72. The number of amides is 1. The van der Waals surface area contributed by atoms with Crippen LogP contribution in [-0.4, -0.2) is 34.4 Å². The molecule has 3 rings (SSSR count). The third kappa shape index (κ3) is 5.53. The van der Waals surface area contributed by atoms with Gasteiger partial charge < -0.3 is 14.8 Å². The summed E-state index contributed by atoms with van der Waals surface area (Å²) < 4.78 is 11.8. The minimum atomic E-state index is -0.930. The minimum absolute atomic E-state index is 0.0897. The average Bonchev–Trinajstić information content (AvgIpc) is 2.77. The standard InChI is InChI=1S/C23H22ClN3O5/c1-4-31-23(30)16-6-5-7-18(12-16)25-22(29)15(3)32-20-10-11-21(28)27(26-20)19-13-17(24)9-8-14(19)2/h5-13,15H,4H2,1-3H3,(H,25,29). The molecular formula is C23H22ClN3O5. The van der Waals surface area contributed by atoms with E-state index in [2.05, 4.69) is 10.4 Å². The van der Waals surface area contributed by atoms with Gasteiger partial charge in [0.15, 0.2) is 6.10 Å². The smallest absolute Gasteiger partial charge is 0.338 e. The van der Waals surface area contributed by atoms with Crippen LogP contribution in [0.1, 0.15) is 29.8 Å². The number of nitrogens with zero attached hydrogens (tertiary/aromatic N) is 2. The number of carbonyl (C=O) groups is 2. The number of esters is 1. The summed E-state index contributed by atoms with van der Waals surface area (Å²) in [5, 5.41) is 7.36. The van der Waals surface area contributed by atoms with Gasteiger partial charge in [-0.15, -0.1) is 5.10 Å². The molecule has 2 aromatic carbocycles. The van der Waals surface area contributed by atoms with Gasteiger partial charge in [-0.05, 0) is 56.7 Å². The summed E-state index contributed by atoms with van der Waals surface area (Å²) in [6.07, 6.45) is -0.930. The van der Waals surface area contributed by atoms with E-state index in [0.717, 1.165) is 5.56 Å². The van der Waals surface area contributed by atoms with Crippen LogP contribution < -0.4 is 15.6 Å². The Morgan fingerprint density at radius 3 is 2.69 bits per heavy atom. The van der Waals surface area contributed by atoms with Crippen LogP contribution in [0.3, 0.4) is 0 Å². The van der Waals surface area contributed by atoms with Crippen molar-refractivity contribution in [2.45, 2.75) is 26.9 Å². The highest BCUT2D eigenvalue weighted by Gasteiger charge is 2.18. The molecule has 0 bridgehead atoms. The van der Waals surface area contributed by atoms with Crippen LogP contribution in [0.5, 0.6) is 5.88 Å². The molecule has 1 N–H and O–H groups in total. The molecule has 0 aliphatic heterocycles. The molecule has 0 spiro atoms. The van der Waals surface area contributed by atoms with E-state index in [1.165, 1.54) is 22.9 Å². The number of hydrogen-bond donors (Lipinski definition) is 1. The fourth-order valence-corrected chi connectivity index (χ4v) is 3.02. The van der Waals surface area contributed by atoms with Crippen LogP contribution in [0.15, 0.2) is 59.4 Å². The van der Waals surface area contributed by atoms with E-state index >= 15 is 0 Å². The third-order valence-electron chi connectivity index (χ3n) is 4.48. The van der Waals surface area contributed by atoms with Gasteiger partial charge in [0, 0.05) is 22.8 Å². The first-order valence-corrected chi connectivity index (χ1v) is 10.3. The monoisotopic (exact) mass is 455 g/mol. The number of aryl methyl sites for hydroxylation is 1. The molecule has 32 heavy (non-hydrogen) atoms. The van der Waals surface area contributed by atoms with Crippen LogP contribution in [-0.2, 0) is 9.53 Å². The van der Waals surface area contributed by atoms with E-state index in [1.807, 2.05) is 6.92 Å². The fourth-order valence-electron chi connectivity index (χ4n) is 2.86. The zero-order valence-electron chi connectivity index (χ0n) is 17.8. The van der Waals surface area contributed by atoms with Crippen LogP contribution >= 0.6 is 11.6 Å². The van der Waals surface area contributed by atoms with Crippen LogP contribution in [0.25, 0.3) is 5.69 Å². The Hall–Kier alpha value is -3.65. The lowest BCUT2D eigenvalue weighted by Gasteiger charge is -2.15. The van der Waals surface area contributed by atoms with Gasteiger partial charge in [0.1, 0.15) is 0 Å². The number of halogens is 1. The van der Waals surface area contributed by atoms with Crippen LogP contribution in [0.2, 0.25) is 5.02 Å². The lowest BCUT2D eigenvalue weighted by atomic mass is 10.2. The summed E-state index contributed by atoms with van der Waals surface area (Å²) in [7, 11) is 0. The molecule has 9 heteroatoms. The maximum absolute atomic E-state index is 12.6. The van der Waals surface area contributed by atoms with Gasteiger partial charge >= 0.3 is 5.97 Å².